The third kappa shape index (κ3) is 3.25. The summed E-state index contributed by atoms with van der Waals surface area (Å²) in [5, 5.41) is 12.7. The number of nitrogens with two attached hydrogens (primary N) is 1. The number of nitro benzene ring substituents is 1. The van der Waals surface area contributed by atoms with Crippen LogP contribution in [0.1, 0.15) is 10.5 Å². The number of hydrogen-bond donors (Lipinski definition) is 3. The third-order valence-electron chi connectivity index (χ3n) is 2.44. The van der Waals surface area contributed by atoms with E-state index in [0.717, 1.165) is 18.3 Å². The minimum absolute atomic E-state index is 0.0632. The molecule has 0 aliphatic rings. The first-order chi connectivity index (χ1) is 10.0. The third-order valence-corrected chi connectivity index (χ3v) is 2.44. The molecule has 0 spiro atoms. The van der Waals surface area contributed by atoms with Gasteiger partial charge in [0.05, 0.1) is 29.1 Å². The number of aromatic nitrogens is 2. The van der Waals surface area contributed by atoms with Gasteiger partial charge in [0.1, 0.15) is 5.69 Å². The number of nitrogens with zero attached hydrogens (tertiary/aromatic N) is 3. The summed E-state index contributed by atoms with van der Waals surface area (Å²) in [6, 6.07) is 2.88. The van der Waals surface area contributed by atoms with Gasteiger partial charge < -0.3 is 10.7 Å². The summed E-state index contributed by atoms with van der Waals surface area (Å²) in [5.41, 5.74) is 1.56. The van der Waals surface area contributed by atoms with E-state index in [0.29, 0.717) is 6.07 Å². The fraction of sp³-hybridized carbons (Fsp3) is 0. The average Bonchev–Trinajstić information content (AvgIpc) is 2.49. The normalized spacial score (nSPS) is 10.0. The van der Waals surface area contributed by atoms with Crippen LogP contribution in [0.2, 0.25) is 0 Å². The van der Waals surface area contributed by atoms with Crippen molar-refractivity contribution in [3.05, 3.63) is 52.2 Å². The van der Waals surface area contributed by atoms with Crippen LogP contribution in [0, 0.1) is 15.9 Å². The Hall–Kier alpha value is -3.14. The van der Waals surface area contributed by atoms with Crippen molar-refractivity contribution in [3.63, 3.8) is 0 Å². The number of halogens is 1. The van der Waals surface area contributed by atoms with Crippen LogP contribution in [-0.2, 0) is 0 Å². The maximum Gasteiger partial charge on any atom is 0.275 e. The average molecular weight is 292 g/mol. The Balaban J connectivity index is 2.17. The van der Waals surface area contributed by atoms with Crippen molar-refractivity contribution >= 4 is 23.1 Å². The van der Waals surface area contributed by atoms with E-state index in [2.05, 4.69) is 20.7 Å². The molecule has 0 fully saturated rings. The minimum Gasteiger partial charge on any atom is -0.318 e. The molecule has 0 saturated carbocycles. The Morgan fingerprint density at radius 3 is 2.62 bits per heavy atom. The van der Waals surface area contributed by atoms with Gasteiger partial charge in [0.2, 0.25) is 0 Å². The van der Waals surface area contributed by atoms with Crippen molar-refractivity contribution in [2.24, 2.45) is 5.84 Å². The van der Waals surface area contributed by atoms with Crippen molar-refractivity contribution in [1.82, 2.24) is 9.97 Å². The summed E-state index contributed by atoms with van der Waals surface area (Å²) in [5.74, 6) is 3.72. The second-order valence-electron chi connectivity index (χ2n) is 3.81. The molecule has 0 aliphatic carbocycles. The van der Waals surface area contributed by atoms with E-state index in [9.17, 15) is 19.3 Å². The highest BCUT2D eigenvalue weighted by atomic mass is 19.1. The molecular formula is C11H9FN6O3. The van der Waals surface area contributed by atoms with Gasteiger partial charge in [0, 0.05) is 6.07 Å². The van der Waals surface area contributed by atoms with Crippen molar-refractivity contribution in [2.75, 3.05) is 10.7 Å². The number of rotatable bonds is 4. The van der Waals surface area contributed by atoms with Crippen molar-refractivity contribution in [3.8, 4) is 0 Å². The SMILES string of the molecule is NNc1cnc(C(=O)Nc2ccc([N+](=O)[O-])cc2F)cn1. The summed E-state index contributed by atoms with van der Waals surface area (Å²) < 4.78 is 13.6. The maximum atomic E-state index is 13.6. The van der Waals surface area contributed by atoms with E-state index in [-0.39, 0.29) is 17.2 Å². The molecule has 10 heteroatoms. The largest absolute Gasteiger partial charge is 0.318 e. The van der Waals surface area contributed by atoms with Crippen LogP contribution in [0.3, 0.4) is 0 Å². The number of nitrogens with one attached hydrogen (secondary N) is 2. The predicted molar refractivity (Wildman–Crippen MR) is 70.8 cm³/mol. The molecule has 4 N–H and O–H groups in total. The number of carbonyl (C=O) groups excluding carboxylic acids is 1. The molecule has 0 radical (unpaired) electrons. The highest BCUT2D eigenvalue weighted by Crippen LogP contribution is 2.20. The number of amides is 1. The van der Waals surface area contributed by atoms with Gasteiger partial charge in [0.25, 0.3) is 11.6 Å². The molecule has 0 unspecified atom stereocenters. The van der Waals surface area contributed by atoms with E-state index in [4.69, 9.17) is 5.84 Å². The first kappa shape index (κ1) is 14.3. The number of anilines is 2. The van der Waals surface area contributed by atoms with E-state index in [1.165, 1.54) is 6.20 Å². The number of benzene rings is 1. The Morgan fingerprint density at radius 1 is 1.33 bits per heavy atom. The molecule has 0 bridgehead atoms. The molecule has 9 nitrogen and oxygen atoms in total. The number of hydrazine groups is 1. The van der Waals surface area contributed by atoms with Crippen LogP contribution in [0.4, 0.5) is 21.6 Å². The first-order valence-electron chi connectivity index (χ1n) is 5.55. The number of hydrogen-bond acceptors (Lipinski definition) is 7. The number of carbonyl (C=O) groups is 1. The first-order valence-corrected chi connectivity index (χ1v) is 5.55. The lowest BCUT2D eigenvalue weighted by Gasteiger charge is -2.06. The fourth-order valence-corrected chi connectivity index (χ4v) is 1.43. The van der Waals surface area contributed by atoms with Crippen molar-refractivity contribution in [2.45, 2.75) is 0 Å². The van der Waals surface area contributed by atoms with Gasteiger partial charge in [-0.3, -0.25) is 14.9 Å². The number of nitrogen functional groups attached to an aromatic ring is 1. The minimum atomic E-state index is -0.925. The molecule has 2 aromatic rings. The van der Waals surface area contributed by atoms with Crippen molar-refractivity contribution in [1.29, 1.82) is 0 Å². The van der Waals surface area contributed by atoms with Gasteiger partial charge in [0.15, 0.2) is 11.6 Å². The Bertz CT molecular complexity index is 691. The van der Waals surface area contributed by atoms with Crippen LogP contribution < -0.4 is 16.6 Å². The van der Waals surface area contributed by atoms with Crippen LogP contribution in [0.25, 0.3) is 0 Å². The highest BCUT2D eigenvalue weighted by Gasteiger charge is 2.14. The molecular weight excluding hydrogens is 283 g/mol. The van der Waals surface area contributed by atoms with Crippen LogP contribution in [0.15, 0.2) is 30.6 Å². The van der Waals surface area contributed by atoms with E-state index >= 15 is 0 Å². The quantitative estimate of drug-likeness (QED) is 0.435. The molecule has 2 rings (SSSR count). The molecule has 1 heterocycles. The second kappa shape index (κ2) is 5.88. The van der Waals surface area contributed by atoms with Gasteiger partial charge in [-0.05, 0) is 6.07 Å². The zero-order valence-corrected chi connectivity index (χ0v) is 10.4. The Kier molecular flexibility index (Phi) is 4.00. The Morgan fingerprint density at radius 2 is 2.10 bits per heavy atom. The zero-order valence-electron chi connectivity index (χ0n) is 10.4. The number of non-ortho nitro benzene ring substituents is 1. The van der Waals surface area contributed by atoms with E-state index < -0.39 is 22.3 Å². The van der Waals surface area contributed by atoms with E-state index in [1.54, 1.807) is 0 Å². The molecule has 1 aromatic carbocycles. The van der Waals surface area contributed by atoms with Gasteiger partial charge >= 0.3 is 0 Å². The summed E-state index contributed by atoms with van der Waals surface area (Å²) in [7, 11) is 0. The maximum absolute atomic E-state index is 13.6. The monoisotopic (exact) mass is 292 g/mol. The lowest BCUT2D eigenvalue weighted by Crippen LogP contribution is -2.16. The second-order valence-corrected chi connectivity index (χ2v) is 3.81. The van der Waals surface area contributed by atoms with Crippen LogP contribution in [-0.4, -0.2) is 20.8 Å². The topological polar surface area (TPSA) is 136 Å². The molecule has 0 saturated heterocycles. The molecule has 1 aromatic heterocycles. The van der Waals surface area contributed by atoms with Crippen LogP contribution >= 0.6 is 0 Å². The van der Waals surface area contributed by atoms with Crippen molar-refractivity contribution < 1.29 is 14.1 Å². The molecule has 21 heavy (non-hydrogen) atoms. The van der Waals surface area contributed by atoms with Crippen LogP contribution in [0.5, 0.6) is 0 Å². The molecule has 108 valence electrons. The summed E-state index contributed by atoms with van der Waals surface area (Å²) in [6.07, 6.45) is 2.37. The Labute approximate surface area is 117 Å². The predicted octanol–water partition coefficient (Wildman–Crippen LogP) is 1.06. The lowest BCUT2D eigenvalue weighted by molar-refractivity contribution is -0.385. The fourth-order valence-electron chi connectivity index (χ4n) is 1.43. The number of nitro groups is 1. The molecule has 0 aliphatic heterocycles. The smallest absolute Gasteiger partial charge is 0.275 e. The van der Waals surface area contributed by atoms with Gasteiger partial charge in [-0.2, -0.15) is 0 Å². The van der Waals surface area contributed by atoms with E-state index in [1.807, 2.05) is 0 Å². The zero-order chi connectivity index (χ0) is 15.4. The molecule has 1 amide bonds. The van der Waals surface area contributed by atoms with Gasteiger partial charge in [-0.15, -0.1) is 0 Å². The summed E-state index contributed by atoms with van der Waals surface area (Å²) in [4.78, 5) is 29.1. The summed E-state index contributed by atoms with van der Waals surface area (Å²) in [6.45, 7) is 0. The standard InChI is InChI=1S/C11H9FN6O3/c12-7-3-6(18(20)21)1-2-8(7)16-11(19)9-4-15-10(17-13)5-14-9/h1-5H,13H2,(H,15,17)(H,16,19). The highest BCUT2D eigenvalue weighted by molar-refractivity contribution is 6.02. The van der Waals surface area contributed by atoms with Gasteiger partial charge in [-0.1, -0.05) is 0 Å². The molecule has 0 atom stereocenters. The van der Waals surface area contributed by atoms with Gasteiger partial charge in [-0.25, -0.2) is 20.2 Å². The lowest BCUT2D eigenvalue weighted by atomic mass is 10.2. The summed E-state index contributed by atoms with van der Waals surface area (Å²) >= 11 is 0.